The number of nitrogens with one attached hydrogen (secondary N) is 1. The van der Waals surface area contributed by atoms with Crippen molar-refractivity contribution in [2.24, 2.45) is 5.41 Å². The second kappa shape index (κ2) is 8.14. The van der Waals surface area contributed by atoms with Crippen molar-refractivity contribution in [3.63, 3.8) is 0 Å². The van der Waals surface area contributed by atoms with Gasteiger partial charge in [0, 0.05) is 43.6 Å². The minimum absolute atomic E-state index is 0.333. The molecule has 8 nitrogen and oxygen atoms in total. The van der Waals surface area contributed by atoms with E-state index in [0.717, 1.165) is 45.6 Å². The van der Waals surface area contributed by atoms with Crippen LogP contribution < -0.4 is 15.0 Å². The molecule has 0 amide bonds. The first-order valence-corrected chi connectivity index (χ1v) is 10.4. The minimum Gasteiger partial charge on any atom is -0.497 e. The molecule has 2 aliphatic rings. The molecule has 0 radical (unpaired) electrons. The van der Waals surface area contributed by atoms with E-state index in [4.69, 9.17) is 14.0 Å². The number of piperidine rings is 1. The fourth-order valence-corrected chi connectivity index (χ4v) is 4.21. The number of aromatic nitrogens is 3. The molecule has 4 heterocycles. The van der Waals surface area contributed by atoms with Crippen molar-refractivity contribution in [2.75, 3.05) is 43.6 Å². The average Bonchev–Trinajstić information content (AvgIpc) is 3.44. The van der Waals surface area contributed by atoms with E-state index in [-0.39, 0.29) is 0 Å². The standard InChI is InChI=1S/C22H24FN5O3/c1-29-15-2-3-16(17(23)12-15)18-13-20(31-27-18)25-19-4-8-24-21(26-19)28-9-5-22(6-10-28)7-11-30-14-22/h2-4,8,12-13H,5-7,9-11,14H2,1H3,(H,24,25,26). The molecule has 0 atom stereocenters. The molecular weight excluding hydrogens is 401 g/mol. The quantitative estimate of drug-likeness (QED) is 0.656. The number of nitrogens with zero attached hydrogens (tertiary/aromatic N) is 4. The lowest BCUT2D eigenvalue weighted by Gasteiger charge is -2.38. The first-order valence-electron chi connectivity index (χ1n) is 10.4. The Morgan fingerprint density at radius 2 is 2.03 bits per heavy atom. The smallest absolute Gasteiger partial charge is 0.230 e. The van der Waals surface area contributed by atoms with Crippen LogP contribution in [0.1, 0.15) is 19.3 Å². The highest BCUT2D eigenvalue weighted by molar-refractivity contribution is 5.65. The van der Waals surface area contributed by atoms with Crippen molar-refractivity contribution in [3.05, 3.63) is 42.3 Å². The van der Waals surface area contributed by atoms with Gasteiger partial charge in [0.25, 0.3) is 0 Å². The van der Waals surface area contributed by atoms with Gasteiger partial charge >= 0.3 is 0 Å². The van der Waals surface area contributed by atoms with Crippen LogP contribution in [0.3, 0.4) is 0 Å². The molecule has 0 bridgehead atoms. The van der Waals surface area contributed by atoms with E-state index >= 15 is 0 Å². The Bertz CT molecular complexity index is 1060. The maximum absolute atomic E-state index is 14.3. The molecule has 0 aliphatic carbocycles. The van der Waals surface area contributed by atoms with Gasteiger partial charge in [-0.1, -0.05) is 5.16 Å². The molecule has 2 fully saturated rings. The Labute approximate surface area is 179 Å². The Morgan fingerprint density at radius 3 is 2.77 bits per heavy atom. The van der Waals surface area contributed by atoms with E-state index in [1.54, 1.807) is 30.5 Å². The Balaban J connectivity index is 1.27. The summed E-state index contributed by atoms with van der Waals surface area (Å²) in [5, 5.41) is 7.06. The Hall–Kier alpha value is -3.20. The molecule has 1 spiro atoms. The summed E-state index contributed by atoms with van der Waals surface area (Å²) in [5.74, 6) is 1.66. The zero-order valence-corrected chi connectivity index (χ0v) is 17.3. The maximum Gasteiger partial charge on any atom is 0.230 e. The number of methoxy groups -OCH3 is 1. The van der Waals surface area contributed by atoms with Gasteiger partial charge in [-0.25, -0.2) is 9.37 Å². The highest BCUT2D eigenvalue weighted by Gasteiger charge is 2.38. The van der Waals surface area contributed by atoms with Crippen LogP contribution in [0.15, 0.2) is 41.1 Å². The average molecular weight is 425 g/mol. The van der Waals surface area contributed by atoms with Crippen LogP contribution in [0.5, 0.6) is 5.75 Å². The zero-order chi connectivity index (χ0) is 21.3. The van der Waals surface area contributed by atoms with Crippen molar-refractivity contribution >= 4 is 17.7 Å². The first kappa shape index (κ1) is 19.7. The molecule has 162 valence electrons. The van der Waals surface area contributed by atoms with Gasteiger partial charge in [-0.15, -0.1) is 0 Å². The maximum atomic E-state index is 14.3. The largest absolute Gasteiger partial charge is 0.497 e. The number of anilines is 3. The predicted molar refractivity (Wildman–Crippen MR) is 113 cm³/mol. The number of hydrogen-bond acceptors (Lipinski definition) is 8. The van der Waals surface area contributed by atoms with Crippen LogP contribution in [-0.2, 0) is 4.74 Å². The van der Waals surface area contributed by atoms with E-state index in [2.05, 4.69) is 25.3 Å². The molecule has 2 saturated heterocycles. The van der Waals surface area contributed by atoms with Crippen molar-refractivity contribution in [1.29, 1.82) is 0 Å². The van der Waals surface area contributed by atoms with Gasteiger partial charge < -0.3 is 24.2 Å². The van der Waals surface area contributed by atoms with Crippen molar-refractivity contribution < 1.29 is 18.4 Å². The number of rotatable bonds is 5. The normalized spacial score (nSPS) is 17.8. The van der Waals surface area contributed by atoms with Gasteiger partial charge in [0.1, 0.15) is 23.1 Å². The van der Waals surface area contributed by atoms with E-state index in [1.807, 2.05) is 0 Å². The summed E-state index contributed by atoms with van der Waals surface area (Å²) in [5.41, 5.74) is 1.05. The van der Waals surface area contributed by atoms with E-state index in [0.29, 0.717) is 40.1 Å². The van der Waals surface area contributed by atoms with Gasteiger partial charge in [-0.3, -0.25) is 0 Å². The summed E-state index contributed by atoms with van der Waals surface area (Å²) in [6.45, 7) is 3.56. The van der Waals surface area contributed by atoms with Crippen molar-refractivity contribution in [2.45, 2.75) is 19.3 Å². The lowest BCUT2D eigenvalue weighted by molar-refractivity contribution is 0.133. The number of benzene rings is 1. The van der Waals surface area contributed by atoms with Gasteiger partial charge in [-0.2, -0.15) is 4.98 Å². The third kappa shape index (κ3) is 4.05. The molecule has 9 heteroatoms. The minimum atomic E-state index is -0.431. The molecule has 0 saturated carbocycles. The van der Waals surface area contributed by atoms with Crippen LogP contribution in [0.2, 0.25) is 0 Å². The van der Waals surface area contributed by atoms with E-state index < -0.39 is 5.82 Å². The third-order valence-electron chi connectivity index (χ3n) is 6.15. The van der Waals surface area contributed by atoms with Crippen LogP contribution >= 0.6 is 0 Å². The number of halogens is 1. The molecule has 31 heavy (non-hydrogen) atoms. The van der Waals surface area contributed by atoms with Crippen LogP contribution in [0, 0.1) is 11.2 Å². The molecule has 1 N–H and O–H groups in total. The molecule has 5 rings (SSSR count). The Morgan fingerprint density at radius 1 is 1.16 bits per heavy atom. The molecule has 0 unspecified atom stereocenters. The molecule has 2 aromatic heterocycles. The summed E-state index contributed by atoms with van der Waals surface area (Å²) in [4.78, 5) is 11.3. The topological polar surface area (TPSA) is 85.5 Å². The molecule has 1 aromatic carbocycles. The highest BCUT2D eigenvalue weighted by Crippen LogP contribution is 2.39. The second-order valence-electron chi connectivity index (χ2n) is 8.08. The summed E-state index contributed by atoms with van der Waals surface area (Å²) in [7, 11) is 1.49. The first-order chi connectivity index (χ1) is 15.1. The summed E-state index contributed by atoms with van der Waals surface area (Å²) in [6, 6.07) is 8.00. The van der Waals surface area contributed by atoms with Crippen LogP contribution in [-0.4, -0.2) is 48.5 Å². The van der Waals surface area contributed by atoms with E-state index in [1.165, 1.54) is 13.2 Å². The van der Waals surface area contributed by atoms with Crippen LogP contribution in [0.25, 0.3) is 11.3 Å². The number of ether oxygens (including phenoxy) is 2. The summed E-state index contributed by atoms with van der Waals surface area (Å²) < 4.78 is 30.3. The highest BCUT2D eigenvalue weighted by atomic mass is 19.1. The molecule has 2 aliphatic heterocycles. The number of hydrogen-bond donors (Lipinski definition) is 1. The predicted octanol–water partition coefficient (Wildman–Crippen LogP) is 4.03. The SMILES string of the molecule is COc1ccc(-c2cc(Nc3ccnc(N4CCC5(CCOC5)CC4)n3)on2)c(F)c1. The molecule has 3 aromatic rings. The van der Waals surface area contributed by atoms with Gasteiger partial charge in [0.2, 0.25) is 11.8 Å². The van der Waals surface area contributed by atoms with Gasteiger partial charge in [0.15, 0.2) is 0 Å². The summed E-state index contributed by atoms with van der Waals surface area (Å²) in [6.07, 6.45) is 5.04. The molecular formula is C22H24FN5O3. The van der Waals surface area contributed by atoms with Crippen LogP contribution in [0.4, 0.5) is 22.0 Å². The fraction of sp³-hybridized carbons (Fsp3) is 0.409. The monoisotopic (exact) mass is 425 g/mol. The van der Waals surface area contributed by atoms with Crippen molar-refractivity contribution in [3.8, 4) is 17.0 Å². The zero-order valence-electron chi connectivity index (χ0n) is 17.3. The second-order valence-corrected chi connectivity index (χ2v) is 8.08. The third-order valence-corrected chi connectivity index (χ3v) is 6.15. The lowest BCUT2D eigenvalue weighted by atomic mass is 9.78. The summed E-state index contributed by atoms with van der Waals surface area (Å²) >= 11 is 0. The Kier molecular flexibility index (Phi) is 5.19. The van der Waals surface area contributed by atoms with Crippen molar-refractivity contribution in [1.82, 2.24) is 15.1 Å². The van der Waals surface area contributed by atoms with Gasteiger partial charge in [0.05, 0.1) is 13.7 Å². The fourth-order valence-electron chi connectivity index (χ4n) is 4.21. The van der Waals surface area contributed by atoms with Gasteiger partial charge in [-0.05, 0) is 42.9 Å². The lowest BCUT2D eigenvalue weighted by Crippen LogP contribution is -2.41. The van der Waals surface area contributed by atoms with E-state index in [9.17, 15) is 4.39 Å².